The summed E-state index contributed by atoms with van der Waals surface area (Å²) in [5.41, 5.74) is 7.72. The Bertz CT molecular complexity index is 547. The van der Waals surface area contributed by atoms with Gasteiger partial charge in [-0.2, -0.15) is 0 Å². The van der Waals surface area contributed by atoms with E-state index in [2.05, 4.69) is 4.57 Å². The van der Waals surface area contributed by atoms with Crippen molar-refractivity contribution in [3.63, 3.8) is 0 Å². The molecule has 0 aliphatic carbocycles. The Labute approximate surface area is 106 Å². The lowest BCUT2D eigenvalue weighted by atomic mass is 10.1. The van der Waals surface area contributed by atoms with Gasteiger partial charge < -0.3 is 15.4 Å². The van der Waals surface area contributed by atoms with E-state index in [0.717, 1.165) is 23.0 Å². The van der Waals surface area contributed by atoms with Crippen molar-refractivity contribution in [2.75, 3.05) is 6.61 Å². The molecule has 1 aromatic carbocycles. The van der Waals surface area contributed by atoms with Crippen LogP contribution in [0, 0.1) is 5.92 Å². The highest BCUT2D eigenvalue weighted by atomic mass is 32.1. The molecule has 0 fully saturated rings. The van der Waals surface area contributed by atoms with Crippen molar-refractivity contribution in [1.29, 1.82) is 0 Å². The number of aliphatic hydroxyl groups excluding tert-OH is 1. The van der Waals surface area contributed by atoms with Crippen molar-refractivity contribution in [2.24, 2.45) is 11.7 Å². The standard InChI is InChI=1S/C13H16N2OS/c1-9(8-16)7-15-6-5-10-11(13(14)17)3-2-4-12(10)15/h2-6,9,16H,7-8H2,1H3,(H2,14,17). The normalized spacial score (nSPS) is 12.8. The van der Waals surface area contributed by atoms with Crippen LogP contribution in [0.2, 0.25) is 0 Å². The fraction of sp³-hybridized carbons (Fsp3) is 0.308. The quantitative estimate of drug-likeness (QED) is 0.813. The highest BCUT2D eigenvalue weighted by Gasteiger charge is 2.09. The van der Waals surface area contributed by atoms with Gasteiger partial charge in [-0.1, -0.05) is 31.3 Å². The van der Waals surface area contributed by atoms with Crippen molar-refractivity contribution in [1.82, 2.24) is 4.57 Å². The summed E-state index contributed by atoms with van der Waals surface area (Å²) >= 11 is 5.04. The maximum absolute atomic E-state index is 9.09. The van der Waals surface area contributed by atoms with Crippen LogP contribution in [-0.2, 0) is 6.54 Å². The molecule has 0 spiro atoms. The summed E-state index contributed by atoms with van der Waals surface area (Å²) in [6.45, 7) is 3.00. The van der Waals surface area contributed by atoms with Crippen LogP contribution in [0.5, 0.6) is 0 Å². The second-order valence-electron chi connectivity index (χ2n) is 4.36. The Morgan fingerprint density at radius 3 is 2.88 bits per heavy atom. The van der Waals surface area contributed by atoms with Crippen molar-refractivity contribution in [2.45, 2.75) is 13.5 Å². The Balaban J connectivity index is 2.47. The van der Waals surface area contributed by atoms with Gasteiger partial charge in [0.05, 0.1) is 0 Å². The van der Waals surface area contributed by atoms with E-state index in [0.29, 0.717) is 4.99 Å². The second-order valence-corrected chi connectivity index (χ2v) is 4.80. The van der Waals surface area contributed by atoms with Gasteiger partial charge in [0.25, 0.3) is 0 Å². The van der Waals surface area contributed by atoms with Crippen molar-refractivity contribution in [3.8, 4) is 0 Å². The number of fused-ring (bicyclic) bond motifs is 1. The largest absolute Gasteiger partial charge is 0.396 e. The number of aliphatic hydroxyl groups is 1. The molecule has 1 unspecified atom stereocenters. The number of nitrogens with two attached hydrogens (primary N) is 1. The Morgan fingerprint density at radius 1 is 1.47 bits per heavy atom. The molecule has 1 atom stereocenters. The third-order valence-corrected chi connectivity index (χ3v) is 3.12. The molecule has 3 N–H and O–H groups in total. The summed E-state index contributed by atoms with van der Waals surface area (Å²) in [7, 11) is 0. The number of thiocarbonyl (C=S) groups is 1. The van der Waals surface area contributed by atoms with Crippen molar-refractivity contribution >= 4 is 28.1 Å². The first-order valence-corrected chi connectivity index (χ1v) is 6.03. The summed E-state index contributed by atoms with van der Waals surface area (Å²) < 4.78 is 2.12. The smallest absolute Gasteiger partial charge is 0.104 e. The Kier molecular flexibility index (Phi) is 3.45. The van der Waals surface area contributed by atoms with E-state index in [1.54, 1.807) is 0 Å². The van der Waals surface area contributed by atoms with Gasteiger partial charge in [-0.25, -0.2) is 0 Å². The number of benzene rings is 1. The van der Waals surface area contributed by atoms with Crippen LogP contribution in [-0.4, -0.2) is 21.3 Å². The van der Waals surface area contributed by atoms with Crippen molar-refractivity contribution in [3.05, 3.63) is 36.0 Å². The topological polar surface area (TPSA) is 51.2 Å². The maximum Gasteiger partial charge on any atom is 0.104 e. The molecular formula is C13H16N2OS. The van der Waals surface area contributed by atoms with Gasteiger partial charge in [0, 0.05) is 35.8 Å². The summed E-state index contributed by atoms with van der Waals surface area (Å²) in [5.74, 6) is 0.235. The van der Waals surface area contributed by atoms with Crippen LogP contribution in [0.15, 0.2) is 30.5 Å². The van der Waals surface area contributed by atoms with Crippen molar-refractivity contribution < 1.29 is 5.11 Å². The zero-order valence-corrected chi connectivity index (χ0v) is 10.6. The average molecular weight is 248 g/mol. The van der Waals surface area contributed by atoms with Gasteiger partial charge >= 0.3 is 0 Å². The molecule has 0 radical (unpaired) electrons. The molecule has 3 nitrogen and oxygen atoms in total. The van der Waals surface area contributed by atoms with Gasteiger partial charge in [-0.05, 0) is 18.1 Å². The van der Waals surface area contributed by atoms with Gasteiger partial charge in [0.15, 0.2) is 0 Å². The molecule has 1 aromatic heterocycles. The first-order chi connectivity index (χ1) is 8.13. The van der Waals surface area contributed by atoms with Gasteiger partial charge in [-0.15, -0.1) is 0 Å². The van der Waals surface area contributed by atoms with Gasteiger partial charge in [0.1, 0.15) is 4.99 Å². The highest BCUT2D eigenvalue weighted by molar-refractivity contribution is 7.80. The average Bonchev–Trinajstić information content (AvgIpc) is 2.72. The molecule has 0 saturated heterocycles. The van der Waals surface area contributed by atoms with Crippen LogP contribution in [0.4, 0.5) is 0 Å². The number of nitrogens with zero attached hydrogens (tertiary/aromatic N) is 1. The Morgan fingerprint density at radius 2 is 2.24 bits per heavy atom. The minimum Gasteiger partial charge on any atom is -0.396 e. The minimum absolute atomic E-state index is 0.189. The van der Waals surface area contributed by atoms with E-state index in [9.17, 15) is 0 Å². The molecule has 2 aromatic rings. The summed E-state index contributed by atoms with van der Waals surface area (Å²) in [6, 6.07) is 7.95. The predicted molar refractivity (Wildman–Crippen MR) is 74.1 cm³/mol. The van der Waals surface area contributed by atoms with E-state index in [-0.39, 0.29) is 12.5 Å². The van der Waals surface area contributed by atoms with E-state index < -0.39 is 0 Å². The zero-order chi connectivity index (χ0) is 12.4. The first kappa shape index (κ1) is 12.1. The van der Waals surface area contributed by atoms with Gasteiger partial charge in [0.2, 0.25) is 0 Å². The molecule has 0 aliphatic rings. The first-order valence-electron chi connectivity index (χ1n) is 5.62. The summed E-state index contributed by atoms with van der Waals surface area (Å²) in [4.78, 5) is 0.420. The Hall–Kier alpha value is -1.39. The van der Waals surface area contributed by atoms with E-state index in [1.807, 2.05) is 37.4 Å². The number of hydrogen-bond acceptors (Lipinski definition) is 2. The lowest BCUT2D eigenvalue weighted by molar-refractivity contribution is 0.224. The molecular weight excluding hydrogens is 232 g/mol. The summed E-state index contributed by atoms with van der Waals surface area (Å²) in [5, 5.41) is 10.2. The fourth-order valence-electron chi connectivity index (χ4n) is 1.99. The van der Waals surface area contributed by atoms with Gasteiger partial charge in [-0.3, -0.25) is 0 Å². The van der Waals surface area contributed by atoms with E-state index in [1.165, 1.54) is 0 Å². The second kappa shape index (κ2) is 4.85. The van der Waals surface area contributed by atoms with E-state index >= 15 is 0 Å². The lowest BCUT2D eigenvalue weighted by Gasteiger charge is -2.11. The molecule has 1 heterocycles. The maximum atomic E-state index is 9.09. The molecule has 90 valence electrons. The van der Waals surface area contributed by atoms with Crippen LogP contribution in [0.25, 0.3) is 10.9 Å². The highest BCUT2D eigenvalue weighted by Crippen LogP contribution is 2.21. The molecule has 0 aliphatic heterocycles. The van der Waals surface area contributed by atoms with E-state index in [4.69, 9.17) is 23.1 Å². The lowest BCUT2D eigenvalue weighted by Crippen LogP contribution is -2.11. The molecule has 17 heavy (non-hydrogen) atoms. The third kappa shape index (κ3) is 2.33. The number of hydrogen-bond donors (Lipinski definition) is 2. The minimum atomic E-state index is 0.189. The molecule has 0 bridgehead atoms. The third-order valence-electron chi connectivity index (χ3n) is 2.90. The van der Waals surface area contributed by atoms with Crippen LogP contribution < -0.4 is 5.73 Å². The molecule has 4 heteroatoms. The molecule has 0 amide bonds. The predicted octanol–water partition coefficient (Wildman–Crippen LogP) is 1.90. The van der Waals surface area contributed by atoms with Crippen LogP contribution >= 0.6 is 12.2 Å². The fourth-order valence-corrected chi connectivity index (χ4v) is 2.17. The monoisotopic (exact) mass is 248 g/mol. The molecule has 0 saturated carbocycles. The molecule has 2 rings (SSSR count). The summed E-state index contributed by atoms with van der Waals surface area (Å²) in [6.07, 6.45) is 2.01. The van der Waals surface area contributed by atoms with Crippen LogP contribution in [0.1, 0.15) is 12.5 Å². The SMILES string of the molecule is CC(CO)Cn1ccc2c(C(N)=S)cccc21. The number of rotatable bonds is 4. The zero-order valence-electron chi connectivity index (χ0n) is 9.76. The van der Waals surface area contributed by atoms with Crippen LogP contribution in [0.3, 0.4) is 0 Å². The number of aromatic nitrogens is 1.